The van der Waals surface area contributed by atoms with E-state index in [1.165, 1.54) is 35.7 Å². The summed E-state index contributed by atoms with van der Waals surface area (Å²) >= 11 is 7.21. The van der Waals surface area contributed by atoms with Crippen molar-refractivity contribution in [2.75, 3.05) is 18.1 Å². The minimum absolute atomic E-state index is 0.0103. The van der Waals surface area contributed by atoms with Crippen molar-refractivity contribution in [3.05, 3.63) is 23.2 Å². The highest BCUT2D eigenvalue weighted by molar-refractivity contribution is 7.98. The van der Waals surface area contributed by atoms with Gasteiger partial charge in [0.15, 0.2) is 5.16 Å². The molecule has 0 saturated carbocycles. The molecule has 1 N–H and O–H groups in total. The quantitative estimate of drug-likeness (QED) is 0.832. The van der Waals surface area contributed by atoms with Crippen LogP contribution in [0.4, 0.5) is 5.95 Å². The fourth-order valence-corrected chi connectivity index (χ4v) is 3.48. The van der Waals surface area contributed by atoms with E-state index in [1.54, 1.807) is 13.1 Å². The Hall–Kier alpha value is -1.45. The Morgan fingerprint density at radius 3 is 2.71 bits per heavy atom. The lowest BCUT2D eigenvalue weighted by molar-refractivity contribution is 0.403. The number of anilines is 1. The van der Waals surface area contributed by atoms with E-state index < -0.39 is 10.0 Å². The van der Waals surface area contributed by atoms with Crippen LogP contribution in [0.15, 0.2) is 28.3 Å². The number of hydrogen-bond acceptors (Lipinski definition) is 6. The van der Waals surface area contributed by atoms with E-state index in [9.17, 15) is 8.42 Å². The number of benzene rings is 1. The molecule has 0 atom stereocenters. The zero-order chi connectivity index (χ0) is 15.6. The number of nitrogens with zero attached hydrogens (tertiary/aromatic N) is 3. The van der Waals surface area contributed by atoms with Crippen LogP contribution in [0.2, 0.25) is 5.02 Å². The second-order valence-corrected chi connectivity index (χ2v) is 6.81. The van der Waals surface area contributed by atoms with Gasteiger partial charge in [0.25, 0.3) is 16.0 Å². The molecule has 0 aliphatic carbocycles. The highest BCUT2D eigenvalue weighted by Gasteiger charge is 2.22. The van der Waals surface area contributed by atoms with Crippen LogP contribution < -0.4 is 9.46 Å². The summed E-state index contributed by atoms with van der Waals surface area (Å²) < 4.78 is 33.6. The maximum atomic E-state index is 12.4. The lowest BCUT2D eigenvalue weighted by Crippen LogP contribution is -2.15. The summed E-state index contributed by atoms with van der Waals surface area (Å²) in [6.45, 7) is 0. The first-order valence-electron chi connectivity index (χ1n) is 5.68. The van der Waals surface area contributed by atoms with E-state index in [2.05, 4.69) is 14.8 Å². The number of hydrogen-bond donors (Lipinski definition) is 1. The molecule has 1 aromatic carbocycles. The van der Waals surface area contributed by atoms with Gasteiger partial charge in [-0.2, -0.15) is 4.98 Å². The number of nitrogens with one attached hydrogen (secondary N) is 1. The number of rotatable bonds is 5. The maximum Gasteiger partial charge on any atom is 0.268 e. The molecule has 1 aromatic heterocycles. The van der Waals surface area contributed by atoms with Gasteiger partial charge in [0.2, 0.25) is 0 Å². The topological polar surface area (TPSA) is 86.1 Å². The molecule has 0 unspecified atom stereocenters. The molecule has 0 bridgehead atoms. The van der Waals surface area contributed by atoms with Gasteiger partial charge in [0.1, 0.15) is 10.6 Å². The van der Waals surface area contributed by atoms with Crippen LogP contribution in [-0.4, -0.2) is 36.5 Å². The van der Waals surface area contributed by atoms with Crippen molar-refractivity contribution in [3.8, 4) is 5.75 Å². The molecular weight excluding hydrogens is 336 g/mol. The Labute approximate surface area is 131 Å². The van der Waals surface area contributed by atoms with Crippen molar-refractivity contribution in [2.24, 2.45) is 7.05 Å². The maximum absolute atomic E-state index is 12.4. The van der Waals surface area contributed by atoms with E-state index in [0.29, 0.717) is 5.16 Å². The molecule has 2 rings (SSSR count). The molecule has 0 radical (unpaired) electrons. The summed E-state index contributed by atoms with van der Waals surface area (Å²) in [6, 6.07) is 4.33. The van der Waals surface area contributed by atoms with Crippen LogP contribution in [0.3, 0.4) is 0 Å². The molecule has 2 aromatic rings. The Morgan fingerprint density at radius 2 is 2.14 bits per heavy atom. The first kappa shape index (κ1) is 15.9. The number of halogens is 1. The highest BCUT2D eigenvalue weighted by atomic mass is 35.5. The lowest BCUT2D eigenvalue weighted by Gasteiger charge is -2.09. The number of sulfonamides is 1. The Bertz CT molecular complexity index is 761. The van der Waals surface area contributed by atoms with E-state index >= 15 is 0 Å². The molecule has 21 heavy (non-hydrogen) atoms. The lowest BCUT2D eigenvalue weighted by atomic mass is 10.3. The zero-order valence-electron chi connectivity index (χ0n) is 11.5. The van der Waals surface area contributed by atoms with Crippen molar-refractivity contribution >= 4 is 39.3 Å². The molecule has 0 amide bonds. The zero-order valence-corrected chi connectivity index (χ0v) is 13.9. The molecule has 0 fully saturated rings. The Balaban J connectivity index is 2.40. The SMILES string of the molecule is COc1ccc(Cl)cc1S(=O)(=O)Nc1nc(SC)n(C)n1. The van der Waals surface area contributed by atoms with Gasteiger partial charge in [-0.05, 0) is 24.5 Å². The summed E-state index contributed by atoms with van der Waals surface area (Å²) in [6.07, 6.45) is 1.82. The smallest absolute Gasteiger partial charge is 0.268 e. The van der Waals surface area contributed by atoms with Crippen molar-refractivity contribution < 1.29 is 13.2 Å². The number of aromatic nitrogens is 3. The fourth-order valence-electron chi connectivity index (χ4n) is 1.63. The summed E-state index contributed by atoms with van der Waals surface area (Å²) in [5.74, 6) is 0.178. The molecule has 10 heteroatoms. The third-order valence-electron chi connectivity index (χ3n) is 2.55. The van der Waals surface area contributed by atoms with Crippen LogP contribution in [0.1, 0.15) is 0 Å². The second kappa shape index (κ2) is 6.12. The monoisotopic (exact) mass is 348 g/mol. The first-order valence-corrected chi connectivity index (χ1v) is 8.77. The van der Waals surface area contributed by atoms with Gasteiger partial charge in [-0.1, -0.05) is 23.4 Å². The van der Waals surface area contributed by atoms with Crippen molar-refractivity contribution in [2.45, 2.75) is 10.1 Å². The van der Waals surface area contributed by atoms with Gasteiger partial charge in [0, 0.05) is 12.1 Å². The number of thioether (sulfide) groups is 1. The van der Waals surface area contributed by atoms with E-state index in [0.717, 1.165) is 0 Å². The van der Waals surface area contributed by atoms with E-state index in [1.807, 2.05) is 6.26 Å². The summed E-state index contributed by atoms with van der Waals surface area (Å²) in [5.41, 5.74) is 0. The third kappa shape index (κ3) is 3.42. The molecule has 0 aliphatic rings. The third-order valence-corrected chi connectivity index (χ3v) is 4.85. The van der Waals surface area contributed by atoms with Crippen molar-refractivity contribution in [3.63, 3.8) is 0 Å². The molecule has 0 aliphatic heterocycles. The Morgan fingerprint density at radius 1 is 1.43 bits per heavy atom. The van der Waals surface area contributed by atoms with Crippen LogP contribution in [0.25, 0.3) is 0 Å². The van der Waals surface area contributed by atoms with Gasteiger partial charge < -0.3 is 4.74 Å². The predicted octanol–water partition coefficient (Wildman–Crippen LogP) is 2.00. The molecule has 1 heterocycles. The predicted molar refractivity (Wildman–Crippen MR) is 81.6 cm³/mol. The van der Waals surface area contributed by atoms with Gasteiger partial charge in [-0.3, -0.25) is 0 Å². The standard InChI is InChI=1S/C11H13ClN4O3S2/c1-16-11(20-3)13-10(14-16)15-21(17,18)9-6-7(12)4-5-8(9)19-2/h4-6H,1-3H3,(H,14,15). The minimum atomic E-state index is -3.90. The number of ether oxygens (including phenoxy) is 1. The van der Waals surface area contributed by atoms with Crippen LogP contribution >= 0.6 is 23.4 Å². The molecular formula is C11H13ClN4O3S2. The van der Waals surface area contributed by atoms with Gasteiger partial charge in [-0.25, -0.2) is 17.8 Å². The molecule has 114 valence electrons. The van der Waals surface area contributed by atoms with Gasteiger partial charge in [0.05, 0.1) is 7.11 Å². The minimum Gasteiger partial charge on any atom is -0.495 e. The first-order chi connectivity index (χ1) is 9.87. The van der Waals surface area contributed by atoms with Crippen molar-refractivity contribution in [1.29, 1.82) is 0 Å². The van der Waals surface area contributed by atoms with Crippen LogP contribution in [0.5, 0.6) is 5.75 Å². The van der Waals surface area contributed by atoms with E-state index in [4.69, 9.17) is 16.3 Å². The van der Waals surface area contributed by atoms with E-state index in [-0.39, 0.29) is 21.6 Å². The molecule has 0 spiro atoms. The normalized spacial score (nSPS) is 11.4. The Kier molecular flexibility index (Phi) is 4.64. The average molecular weight is 349 g/mol. The summed E-state index contributed by atoms with van der Waals surface area (Å²) in [5, 5.41) is 4.87. The molecule has 0 saturated heterocycles. The fraction of sp³-hybridized carbons (Fsp3) is 0.273. The largest absolute Gasteiger partial charge is 0.495 e. The summed E-state index contributed by atoms with van der Waals surface area (Å²) in [7, 11) is -0.838. The van der Waals surface area contributed by atoms with Crippen molar-refractivity contribution in [1.82, 2.24) is 14.8 Å². The van der Waals surface area contributed by atoms with Gasteiger partial charge in [-0.15, -0.1) is 5.10 Å². The number of methoxy groups -OCH3 is 1. The average Bonchev–Trinajstić information content (AvgIpc) is 2.77. The van der Waals surface area contributed by atoms with Crippen LogP contribution in [0, 0.1) is 0 Å². The number of aryl methyl sites for hydroxylation is 1. The van der Waals surface area contributed by atoms with Crippen LogP contribution in [-0.2, 0) is 17.1 Å². The van der Waals surface area contributed by atoms with Gasteiger partial charge >= 0.3 is 0 Å². The second-order valence-electron chi connectivity index (χ2n) is 3.95. The highest BCUT2D eigenvalue weighted by Crippen LogP contribution is 2.28. The molecule has 7 nitrogen and oxygen atoms in total. The summed E-state index contributed by atoms with van der Waals surface area (Å²) in [4.78, 5) is 3.99.